The summed E-state index contributed by atoms with van der Waals surface area (Å²) >= 11 is 0. The van der Waals surface area contributed by atoms with E-state index in [4.69, 9.17) is 4.42 Å². The van der Waals surface area contributed by atoms with Crippen LogP contribution >= 0.6 is 0 Å². The summed E-state index contributed by atoms with van der Waals surface area (Å²) in [5.74, 6) is -0.479. The van der Waals surface area contributed by atoms with E-state index < -0.39 is 5.91 Å². The summed E-state index contributed by atoms with van der Waals surface area (Å²) in [5.41, 5.74) is 3.37. The number of carbonyl (C=O) groups excluding carboxylic acids is 3. The summed E-state index contributed by atoms with van der Waals surface area (Å²) in [6.07, 6.45) is 5.96. The number of aryl methyl sites for hydroxylation is 2. The number of hydrogen-bond acceptors (Lipinski definition) is 4. The zero-order valence-electron chi connectivity index (χ0n) is 20.4. The van der Waals surface area contributed by atoms with Gasteiger partial charge < -0.3 is 20.0 Å². The molecule has 0 aliphatic rings. The molecule has 0 unspecified atom stereocenters. The van der Waals surface area contributed by atoms with Crippen molar-refractivity contribution in [1.29, 1.82) is 0 Å². The molecule has 3 rings (SSSR count). The van der Waals surface area contributed by atoms with Gasteiger partial charge in [0, 0.05) is 11.3 Å². The van der Waals surface area contributed by atoms with Gasteiger partial charge in [-0.3, -0.25) is 14.4 Å². The quantitative estimate of drug-likeness (QED) is 0.371. The van der Waals surface area contributed by atoms with Crippen LogP contribution in [0.3, 0.4) is 0 Å². The van der Waals surface area contributed by atoms with Crippen LogP contribution < -0.4 is 10.6 Å². The molecule has 35 heavy (non-hydrogen) atoms. The lowest BCUT2D eigenvalue weighted by Gasteiger charge is -2.21. The maximum atomic E-state index is 13.2. The predicted molar refractivity (Wildman–Crippen MR) is 136 cm³/mol. The SMILES string of the molecule is CCCCCc1ccc(C(=O)N(CC(=O)NCC(=O)Nc2cccc(C)c2)Cc2ccco2)cc1. The molecule has 0 bridgehead atoms. The fraction of sp³-hybridized carbons (Fsp3) is 0.321. The third kappa shape index (κ3) is 8.45. The van der Waals surface area contributed by atoms with Crippen molar-refractivity contribution in [3.8, 4) is 0 Å². The number of unbranched alkanes of at least 4 members (excludes halogenated alkanes) is 2. The molecule has 2 N–H and O–H groups in total. The van der Waals surface area contributed by atoms with Crippen LogP contribution in [0.2, 0.25) is 0 Å². The van der Waals surface area contributed by atoms with Gasteiger partial charge in [0.15, 0.2) is 0 Å². The molecule has 184 valence electrons. The first kappa shape index (κ1) is 25.7. The van der Waals surface area contributed by atoms with Gasteiger partial charge in [-0.25, -0.2) is 0 Å². The molecular weight excluding hydrogens is 442 g/mol. The zero-order chi connectivity index (χ0) is 25.0. The van der Waals surface area contributed by atoms with Crippen LogP contribution in [0.5, 0.6) is 0 Å². The molecule has 0 saturated heterocycles. The number of rotatable bonds is 12. The van der Waals surface area contributed by atoms with E-state index in [-0.39, 0.29) is 31.4 Å². The Morgan fingerprint density at radius 3 is 2.43 bits per heavy atom. The minimum atomic E-state index is -0.430. The number of anilines is 1. The van der Waals surface area contributed by atoms with Crippen LogP contribution in [0, 0.1) is 6.92 Å². The van der Waals surface area contributed by atoms with Crippen molar-refractivity contribution in [3.05, 3.63) is 89.4 Å². The number of amides is 3. The maximum Gasteiger partial charge on any atom is 0.254 e. The van der Waals surface area contributed by atoms with Crippen LogP contribution in [0.1, 0.15) is 53.4 Å². The van der Waals surface area contributed by atoms with Crippen molar-refractivity contribution < 1.29 is 18.8 Å². The maximum absolute atomic E-state index is 13.2. The molecule has 7 heteroatoms. The van der Waals surface area contributed by atoms with E-state index in [1.807, 2.05) is 37.3 Å². The first-order chi connectivity index (χ1) is 16.9. The third-order valence-corrected chi connectivity index (χ3v) is 5.57. The molecule has 2 aromatic carbocycles. The molecule has 0 spiro atoms. The van der Waals surface area contributed by atoms with Crippen molar-refractivity contribution in [3.63, 3.8) is 0 Å². The Bertz CT molecular complexity index is 1110. The van der Waals surface area contributed by atoms with E-state index in [2.05, 4.69) is 17.6 Å². The van der Waals surface area contributed by atoms with Crippen molar-refractivity contribution in [2.75, 3.05) is 18.4 Å². The summed E-state index contributed by atoms with van der Waals surface area (Å²) < 4.78 is 5.39. The fourth-order valence-electron chi connectivity index (χ4n) is 3.70. The highest BCUT2D eigenvalue weighted by molar-refractivity contribution is 5.98. The largest absolute Gasteiger partial charge is 0.467 e. The van der Waals surface area contributed by atoms with Crippen LogP contribution in [-0.4, -0.2) is 35.7 Å². The zero-order valence-corrected chi connectivity index (χ0v) is 20.4. The van der Waals surface area contributed by atoms with Gasteiger partial charge >= 0.3 is 0 Å². The van der Waals surface area contributed by atoms with Crippen molar-refractivity contribution in [1.82, 2.24) is 10.2 Å². The predicted octanol–water partition coefficient (Wildman–Crippen LogP) is 4.72. The minimum Gasteiger partial charge on any atom is -0.467 e. The molecule has 0 saturated carbocycles. The van der Waals surface area contributed by atoms with Crippen molar-refractivity contribution in [2.45, 2.75) is 46.1 Å². The van der Waals surface area contributed by atoms with Gasteiger partial charge in [-0.15, -0.1) is 0 Å². The summed E-state index contributed by atoms with van der Waals surface area (Å²) in [6, 6.07) is 18.4. The molecule has 0 radical (unpaired) electrons. The number of benzene rings is 2. The number of nitrogens with one attached hydrogen (secondary N) is 2. The number of hydrogen-bond donors (Lipinski definition) is 2. The van der Waals surface area contributed by atoms with Gasteiger partial charge in [-0.05, 0) is 67.3 Å². The number of furan rings is 1. The Morgan fingerprint density at radius 2 is 1.74 bits per heavy atom. The third-order valence-electron chi connectivity index (χ3n) is 5.57. The van der Waals surface area contributed by atoms with Gasteiger partial charge in [-0.1, -0.05) is 44.0 Å². The van der Waals surface area contributed by atoms with Crippen molar-refractivity contribution in [2.24, 2.45) is 0 Å². The second-order valence-electron chi connectivity index (χ2n) is 8.59. The second-order valence-corrected chi connectivity index (χ2v) is 8.59. The van der Waals surface area contributed by atoms with Crippen LogP contribution in [0.4, 0.5) is 5.69 Å². The van der Waals surface area contributed by atoms with Crippen LogP contribution in [0.15, 0.2) is 71.3 Å². The average molecular weight is 476 g/mol. The Morgan fingerprint density at radius 1 is 0.943 bits per heavy atom. The molecule has 0 aliphatic heterocycles. The van der Waals surface area contributed by atoms with Gasteiger partial charge in [0.1, 0.15) is 12.3 Å². The lowest BCUT2D eigenvalue weighted by atomic mass is 10.0. The smallest absolute Gasteiger partial charge is 0.254 e. The lowest BCUT2D eigenvalue weighted by Crippen LogP contribution is -2.42. The Kier molecular flexibility index (Phi) is 9.66. The highest BCUT2D eigenvalue weighted by atomic mass is 16.3. The Labute approximate surface area is 206 Å². The van der Waals surface area contributed by atoms with Crippen LogP contribution in [0.25, 0.3) is 0 Å². The molecule has 1 heterocycles. The average Bonchev–Trinajstić information content (AvgIpc) is 3.36. The van der Waals surface area contributed by atoms with E-state index in [0.717, 1.165) is 24.8 Å². The van der Waals surface area contributed by atoms with E-state index in [9.17, 15) is 14.4 Å². The molecule has 1 aromatic heterocycles. The van der Waals surface area contributed by atoms with Crippen LogP contribution in [-0.2, 0) is 22.6 Å². The van der Waals surface area contributed by atoms with Gasteiger partial charge in [0.25, 0.3) is 5.91 Å². The summed E-state index contributed by atoms with van der Waals surface area (Å²) in [6.45, 7) is 3.86. The molecule has 0 fully saturated rings. The van der Waals surface area contributed by atoms with E-state index in [0.29, 0.717) is 17.0 Å². The standard InChI is InChI=1S/C28H33N3O4/c1-3-4-5-9-22-12-14-23(15-13-22)28(34)31(19-25-11-7-16-35-25)20-27(33)29-18-26(32)30-24-10-6-8-21(2)17-24/h6-8,10-17H,3-5,9,18-20H2,1-2H3,(H,29,33)(H,30,32). The van der Waals surface area contributed by atoms with Gasteiger partial charge in [0.05, 0.1) is 19.4 Å². The fourth-order valence-corrected chi connectivity index (χ4v) is 3.70. The summed E-state index contributed by atoms with van der Waals surface area (Å²) in [4.78, 5) is 39.5. The lowest BCUT2D eigenvalue weighted by molar-refractivity contribution is -0.124. The highest BCUT2D eigenvalue weighted by Gasteiger charge is 2.21. The summed E-state index contributed by atoms with van der Waals surface area (Å²) in [7, 11) is 0. The Balaban J connectivity index is 1.59. The monoisotopic (exact) mass is 475 g/mol. The first-order valence-corrected chi connectivity index (χ1v) is 12.0. The van der Waals surface area contributed by atoms with E-state index in [1.54, 1.807) is 30.3 Å². The topological polar surface area (TPSA) is 91.7 Å². The van der Waals surface area contributed by atoms with E-state index in [1.165, 1.54) is 23.1 Å². The molecule has 0 aliphatic carbocycles. The highest BCUT2D eigenvalue weighted by Crippen LogP contribution is 2.14. The van der Waals surface area contributed by atoms with Gasteiger partial charge in [0.2, 0.25) is 11.8 Å². The minimum absolute atomic E-state index is 0.146. The van der Waals surface area contributed by atoms with Gasteiger partial charge in [-0.2, -0.15) is 0 Å². The Hall–Kier alpha value is -3.87. The molecule has 7 nitrogen and oxygen atoms in total. The molecule has 3 aromatic rings. The second kappa shape index (κ2) is 13.1. The molecule has 3 amide bonds. The van der Waals surface area contributed by atoms with Crippen molar-refractivity contribution >= 4 is 23.4 Å². The normalized spacial score (nSPS) is 10.6. The summed E-state index contributed by atoms with van der Waals surface area (Å²) in [5, 5.41) is 5.35. The molecular formula is C28H33N3O4. The number of nitrogens with zero attached hydrogens (tertiary/aromatic N) is 1. The number of carbonyl (C=O) groups is 3. The molecule has 0 atom stereocenters. The first-order valence-electron chi connectivity index (χ1n) is 12.0. The van der Waals surface area contributed by atoms with E-state index >= 15 is 0 Å².